The van der Waals surface area contributed by atoms with Crippen molar-refractivity contribution in [3.05, 3.63) is 58.6 Å². The largest absolute Gasteiger partial charge is 0.240 e. The molecule has 0 amide bonds. The number of hydrogen-bond acceptors (Lipinski definition) is 5. The second-order valence-electron chi connectivity index (χ2n) is 9.34. The molecule has 4 fully saturated rings. The maximum atomic E-state index is 9.81. The van der Waals surface area contributed by atoms with Gasteiger partial charge >= 0.3 is 0 Å². The molecule has 3 aromatic rings. The Balaban J connectivity index is 1.28. The number of hydrogen-bond donors (Lipinski definition) is 0. The number of nitriles is 1. The molecule has 2 heterocycles. The molecule has 0 saturated heterocycles. The average molecular weight is 414 g/mol. The van der Waals surface area contributed by atoms with Gasteiger partial charge in [0.15, 0.2) is 0 Å². The Morgan fingerprint density at radius 1 is 1.10 bits per heavy atom. The highest BCUT2D eigenvalue weighted by Gasteiger charge is 2.52. The maximum absolute atomic E-state index is 9.81. The Labute approximate surface area is 180 Å². The van der Waals surface area contributed by atoms with Crippen LogP contribution in [0.4, 0.5) is 0 Å². The van der Waals surface area contributed by atoms with Crippen LogP contribution in [0, 0.1) is 29.1 Å². The van der Waals surface area contributed by atoms with Crippen LogP contribution in [0.3, 0.4) is 0 Å². The lowest BCUT2D eigenvalue weighted by molar-refractivity contribution is -0.00694. The molecule has 0 radical (unpaired) electrons. The van der Waals surface area contributed by atoms with Crippen molar-refractivity contribution < 1.29 is 0 Å². The highest BCUT2D eigenvalue weighted by molar-refractivity contribution is 7.11. The van der Waals surface area contributed by atoms with E-state index in [-0.39, 0.29) is 5.41 Å². The molecule has 4 saturated carbocycles. The Morgan fingerprint density at radius 3 is 2.40 bits per heavy atom. The normalized spacial score (nSPS) is 29.8. The molecule has 4 bridgehead atoms. The molecular formula is C24H23N5S. The number of rotatable bonds is 4. The molecule has 4 aliphatic rings. The van der Waals surface area contributed by atoms with Gasteiger partial charge in [-0.3, -0.25) is 0 Å². The number of thiazole rings is 1. The van der Waals surface area contributed by atoms with Crippen molar-refractivity contribution in [2.45, 2.75) is 43.9 Å². The number of allylic oxidation sites excluding steroid dienone is 1. The maximum Gasteiger partial charge on any atom is 0.138 e. The van der Waals surface area contributed by atoms with Crippen LogP contribution in [0.25, 0.3) is 17.3 Å². The Kier molecular flexibility index (Phi) is 4.14. The molecule has 30 heavy (non-hydrogen) atoms. The zero-order valence-electron chi connectivity index (χ0n) is 16.7. The smallest absolute Gasteiger partial charge is 0.138 e. The fourth-order valence-corrected chi connectivity index (χ4v) is 7.35. The SMILES string of the molecule is N#C/C(=C/c1ccc(-n2cncn2)cc1)c1nc(C23CC4CC(CC(C4)C2)C3)cs1. The minimum atomic E-state index is 0.281. The van der Waals surface area contributed by atoms with Gasteiger partial charge in [0.2, 0.25) is 0 Å². The van der Waals surface area contributed by atoms with Gasteiger partial charge in [-0.25, -0.2) is 14.6 Å². The van der Waals surface area contributed by atoms with Gasteiger partial charge in [-0.05, 0) is 80.1 Å². The van der Waals surface area contributed by atoms with Crippen molar-refractivity contribution >= 4 is 23.0 Å². The Hall–Kier alpha value is -2.78. The first-order valence-electron chi connectivity index (χ1n) is 10.7. The average Bonchev–Trinajstić information content (AvgIpc) is 3.44. The van der Waals surface area contributed by atoms with Crippen molar-refractivity contribution in [1.29, 1.82) is 5.26 Å². The second kappa shape index (κ2) is 6.88. The van der Waals surface area contributed by atoms with E-state index in [4.69, 9.17) is 4.98 Å². The quantitative estimate of drug-likeness (QED) is 0.548. The molecular weight excluding hydrogens is 390 g/mol. The molecule has 0 spiro atoms. The summed E-state index contributed by atoms with van der Waals surface area (Å²) < 4.78 is 1.72. The summed E-state index contributed by atoms with van der Waals surface area (Å²) in [7, 11) is 0. The lowest BCUT2D eigenvalue weighted by atomic mass is 9.49. The van der Waals surface area contributed by atoms with Crippen LogP contribution in [0.2, 0.25) is 0 Å². The Bertz CT molecular complexity index is 1100. The molecule has 1 aromatic carbocycles. The molecule has 7 rings (SSSR count). The van der Waals surface area contributed by atoms with E-state index in [1.165, 1.54) is 50.5 Å². The molecule has 5 nitrogen and oxygen atoms in total. The van der Waals surface area contributed by atoms with Gasteiger partial charge in [0.05, 0.1) is 17.0 Å². The number of nitrogens with zero attached hydrogens (tertiary/aromatic N) is 5. The summed E-state index contributed by atoms with van der Waals surface area (Å²) in [5.74, 6) is 2.70. The first-order valence-corrected chi connectivity index (χ1v) is 11.6. The van der Waals surface area contributed by atoms with E-state index in [2.05, 4.69) is 21.5 Å². The van der Waals surface area contributed by atoms with Gasteiger partial charge in [0.25, 0.3) is 0 Å². The predicted octanol–water partition coefficient (Wildman–Crippen LogP) is 5.26. The number of benzene rings is 1. The van der Waals surface area contributed by atoms with Crippen LogP contribution in [0.1, 0.15) is 54.8 Å². The first kappa shape index (κ1) is 18.0. The van der Waals surface area contributed by atoms with E-state index in [1.54, 1.807) is 22.3 Å². The number of aromatic nitrogens is 4. The van der Waals surface area contributed by atoms with Gasteiger partial charge in [0, 0.05) is 10.8 Å². The van der Waals surface area contributed by atoms with Crippen LogP contribution in [0.5, 0.6) is 0 Å². The molecule has 2 aromatic heterocycles. The summed E-state index contributed by atoms with van der Waals surface area (Å²) in [6, 6.07) is 10.4. The third-order valence-electron chi connectivity index (χ3n) is 7.32. The van der Waals surface area contributed by atoms with Crippen LogP contribution in [-0.4, -0.2) is 19.7 Å². The van der Waals surface area contributed by atoms with E-state index in [0.717, 1.165) is 34.0 Å². The van der Waals surface area contributed by atoms with E-state index >= 15 is 0 Å². The van der Waals surface area contributed by atoms with Crippen LogP contribution in [0.15, 0.2) is 42.3 Å². The first-order chi connectivity index (χ1) is 14.7. The molecule has 0 N–H and O–H groups in total. The molecule has 0 atom stereocenters. The van der Waals surface area contributed by atoms with Gasteiger partial charge in [-0.2, -0.15) is 10.4 Å². The topological polar surface area (TPSA) is 67.4 Å². The lowest BCUT2D eigenvalue weighted by Gasteiger charge is -2.56. The molecule has 0 aliphatic heterocycles. The summed E-state index contributed by atoms with van der Waals surface area (Å²) >= 11 is 1.63. The highest BCUT2D eigenvalue weighted by atomic mass is 32.1. The summed E-state index contributed by atoms with van der Waals surface area (Å²) in [5, 5.41) is 17.1. The van der Waals surface area contributed by atoms with E-state index < -0.39 is 0 Å². The Morgan fingerprint density at radius 2 is 1.80 bits per heavy atom. The zero-order chi connectivity index (χ0) is 20.1. The fourth-order valence-electron chi connectivity index (χ4n) is 6.44. The monoisotopic (exact) mass is 413 g/mol. The van der Waals surface area contributed by atoms with E-state index in [0.29, 0.717) is 5.57 Å². The van der Waals surface area contributed by atoms with Crippen molar-refractivity contribution in [3.63, 3.8) is 0 Å². The standard InChI is InChI=1S/C24H23N5S/c25-12-20(8-16-1-3-21(4-2-16)29-15-26-14-27-29)23-28-22(13-30-23)24-9-17-5-18(10-24)7-19(6-17)11-24/h1-4,8,13-15,17-19H,5-7,9-11H2/b20-8-. The predicted molar refractivity (Wildman–Crippen MR) is 117 cm³/mol. The third-order valence-corrected chi connectivity index (χ3v) is 8.20. The summed E-state index contributed by atoms with van der Waals surface area (Å²) in [4.78, 5) is 9.01. The van der Waals surface area contributed by atoms with Gasteiger partial charge in [-0.1, -0.05) is 12.1 Å². The molecule has 150 valence electrons. The van der Waals surface area contributed by atoms with Crippen LogP contribution < -0.4 is 0 Å². The summed E-state index contributed by atoms with van der Waals surface area (Å²) in [5.41, 5.74) is 4.11. The zero-order valence-corrected chi connectivity index (χ0v) is 17.6. The minimum absolute atomic E-state index is 0.281. The van der Waals surface area contributed by atoms with Gasteiger partial charge in [0.1, 0.15) is 23.7 Å². The fraction of sp³-hybridized carbons (Fsp3) is 0.417. The van der Waals surface area contributed by atoms with Crippen molar-refractivity contribution in [3.8, 4) is 11.8 Å². The summed E-state index contributed by atoms with van der Waals surface area (Å²) in [6.07, 6.45) is 13.3. The summed E-state index contributed by atoms with van der Waals surface area (Å²) in [6.45, 7) is 0. The highest BCUT2D eigenvalue weighted by Crippen LogP contribution is 2.60. The molecule has 6 heteroatoms. The van der Waals surface area contributed by atoms with Gasteiger partial charge in [-0.15, -0.1) is 11.3 Å². The molecule has 0 unspecified atom stereocenters. The lowest BCUT2D eigenvalue weighted by Crippen LogP contribution is -2.48. The van der Waals surface area contributed by atoms with Crippen molar-refractivity contribution in [1.82, 2.24) is 19.7 Å². The van der Waals surface area contributed by atoms with Gasteiger partial charge < -0.3 is 0 Å². The van der Waals surface area contributed by atoms with E-state index in [9.17, 15) is 5.26 Å². The van der Waals surface area contributed by atoms with Crippen LogP contribution in [-0.2, 0) is 5.41 Å². The van der Waals surface area contributed by atoms with Crippen LogP contribution >= 0.6 is 11.3 Å². The van der Waals surface area contributed by atoms with E-state index in [1.807, 2.05) is 30.3 Å². The van der Waals surface area contributed by atoms with Crippen molar-refractivity contribution in [2.75, 3.05) is 0 Å². The third kappa shape index (κ3) is 3.00. The minimum Gasteiger partial charge on any atom is -0.240 e. The second-order valence-corrected chi connectivity index (χ2v) is 10.2. The van der Waals surface area contributed by atoms with Crippen molar-refractivity contribution in [2.24, 2.45) is 17.8 Å². The molecule has 4 aliphatic carbocycles.